The molecule has 0 saturated carbocycles. The summed E-state index contributed by atoms with van der Waals surface area (Å²) in [5.41, 5.74) is 7.88. The van der Waals surface area contributed by atoms with E-state index < -0.39 is 10.8 Å². The average molecular weight is 435 g/mol. The number of nitrogens with two attached hydrogens (primary N) is 1. The molecule has 0 unspecified atom stereocenters. The first-order chi connectivity index (χ1) is 15.0. The third-order valence-electron chi connectivity index (χ3n) is 4.42. The molecule has 1 amide bonds. The molecule has 0 aliphatic carbocycles. The standard InChI is InChI=1S/C21H17N5O4S/c1-2-30-17-9-8-13(10-16(17)26(28)29)19-14(11-18-20(27)23-21(22)31-18)12-25(24-19)15-6-4-3-5-7-15/h3-12H,2H2,1H3,(H2,22,23,27)/b18-11-. The zero-order valence-electron chi connectivity index (χ0n) is 16.4. The van der Waals surface area contributed by atoms with Crippen molar-refractivity contribution in [2.24, 2.45) is 10.7 Å². The number of ether oxygens (including phenoxy) is 1. The molecule has 1 aromatic heterocycles. The number of aromatic nitrogens is 2. The monoisotopic (exact) mass is 435 g/mol. The van der Waals surface area contributed by atoms with Crippen molar-refractivity contribution in [1.29, 1.82) is 0 Å². The smallest absolute Gasteiger partial charge is 0.311 e. The number of carbonyl (C=O) groups excluding carboxylic acids is 1. The lowest BCUT2D eigenvalue weighted by atomic mass is 10.1. The van der Waals surface area contributed by atoms with E-state index in [0.717, 1.165) is 17.4 Å². The van der Waals surface area contributed by atoms with Crippen molar-refractivity contribution in [3.05, 3.63) is 75.3 Å². The SMILES string of the molecule is CCOc1ccc(-c2nn(-c3ccccc3)cc2/C=C2\SC(N)=NC2=O)cc1[N+](=O)[O-]. The highest BCUT2D eigenvalue weighted by Gasteiger charge is 2.23. The lowest BCUT2D eigenvalue weighted by Crippen LogP contribution is -2.01. The minimum absolute atomic E-state index is 0.161. The van der Waals surface area contributed by atoms with E-state index in [1.807, 2.05) is 30.3 Å². The molecule has 0 bridgehead atoms. The Morgan fingerprint density at radius 3 is 2.68 bits per heavy atom. The number of benzene rings is 2. The first-order valence-corrected chi connectivity index (χ1v) is 10.1. The highest BCUT2D eigenvalue weighted by molar-refractivity contribution is 8.18. The van der Waals surface area contributed by atoms with Crippen LogP contribution in [0, 0.1) is 10.1 Å². The summed E-state index contributed by atoms with van der Waals surface area (Å²) in [6, 6.07) is 14.1. The number of thioether (sulfide) groups is 1. The molecule has 0 fully saturated rings. The Hall–Kier alpha value is -3.92. The number of hydrogen-bond donors (Lipinski definition) is 1. The van der Waals surface area contributed by atoms with E-state index in [1.165, 1.54) is 6.07 Å². The van der Waals surface area contributed by atoms with Gasteiger partial charge in [-0.15, -0.1) is 0 Å². The molecule has 1 aliphatic heterocycles. The summed E-state index contributed by atoms with van der Waals surface area (Å²) >= 11 is 1.07. The highest BCUT2D eigenvalue weighted by Crippen LogP contribution is 2.35. The Bertz CT molecular complexity index is 1230. The molecule has 0 saturated heterocycles. The van der Waals surface area contributed by atoms with Crippen molar-refractivity contribution < 1.29 is 14.5 Å². The van der Waals surface area contributed by atoms with Crippen molar-refractivity contribution in [3.8, 4) is 22.7 Å². The van der Waals surface area contributed by atoms with Gasteiger partial charge in [-0.1, -0.05) is 18.2 Å². The van der Waals surface area contributed by atoms with Gasteiger partial charge in [0.1, 0.15) is 5.69 Å². The summed E-state index contributed by atoms with van der Waals surface area (Å²) in [6.45, 7) is 2.06. The van der Waals surface area contributed by atoms with Crippen LogP contribution in [0.5, 0.6) is 5.75 Å². The number of nitro benzene ring substituents is 1. The van der Waals surface area contributed by atoms with E-state index in [4.69, 9.17) is 10.5 Å². The number of amides is 1. The summed E-state index contributed by atoms with van der Waals surface area (Å²) in [4.78, 5) is 27.2. The van der Waals surface area contributed by atoms with Gasteiger partial charge >= 0.3 is 5.69 Å². The van der Waals surface area contributed by atoms with Gasteiger partial charge in [-0.3, -0.25) is 14.9 Å². The molecule has 3 aromatic rings. The molecular formula is C21H17N5O4S. The number of hydrogen-bond acceptors (Lipinski definition) is 7. The lowest BCUT2D eigenvalue weighted by Gasteiger charge is -2.06. The number of rotatable bonds is 6. The predicted molar refractivity (Wildman–Crippen MR) is 119 cm³/mol. The normalized spacial score (nSPS) is 14.7. The number of carbonyl (C=O) groups is 1. The third kappa shape index (κ3) is 4.19. The van der Waals surface area contributed by atoms with Crippen LogP contribution in [-0.2, 0) is 4.79 Å². The fourth-order valence-corrected chi connectivity index (χ4v) is 3.75. The van der Waals surface area contributed by atoms with Crippen molar-refractivity contribution in [2.75, 3.05) is 6.61 Å². The van der Waals surface area contributed by atoms with Crippen LogP contribution in [0.25, 0.3) is 23.0 Å². The van der Waals surface area contributed by atoms with E-state index in [9.17, 15) is 14.9 Å². The molecule has 9 nitrogen and oxygen atoms in total. The van der Waals surface area contributed by atoms with Gasteiger partial charge in [0.25, 0.3) is 5.91 Å². The first-order valence-electron chi connectivity index (χ1n) is 9.31. The Morgan fingerprint density at radius 1 is 1.26 bits per heavy atom. The van der Waals surface area contributed by atoms with Crippen molar-refractivity contribution >= 4 is 34.6 Å². The fourth-order valence-electron chi connectivity index (χ4n) is 3.08. The van der Waals surface area contributed by atoms with Gasteiger partial charge in [0.2, 0.25) is 0 Å². The third-order valence-corrected chi connectivity index (χ3v) is 5.23. The molecule has 156 valence electrons. The molecule has 0 spiro atoms. The summed E-state index contributed by atoms with van der Waals surface area (Å²) in [5, 5.41) is 16.4. The Kier molecular flexibility index (Phi) is 5.54. The van der Waals surface area contributed by atoms with E-state index in [-0.39, 0.29) is 16.6 Å². The maximum Gasteiger partial charge on any atom is 0.311 e. The van der Waals surface area contributed by atoms with Gasteiger partial charge in [-0.25, -0.2) is 4.68 Å². The van der Waals surface area contributed by atoms with E-state index >= 15 is 0 Å². The topological polar surface area (TPSA) is 126 Å². The van der Waals surface area contributed by atoms with Gasteiger partial charge in [0.05, 0.1) is 22.1 Å². The number of amidine groups is 1. The fraction of sp³-hybridized carbons (Fsp3) is 0.0952. The molecular weight excluding hydrogens is 418 g/mol. The minimum atomic E-state index is -0.494. The van der Waals surface area contributed by atoms with Crippen LogP contribution in [0.2, 0.25) is 0 Å². The van der Waals surface area contributed by atoms with Gasteiger partial charge in [0, 0.05) is 23.4 Å². The van der Waals surface area contributed by atoms with Crippen LogP contribution < -0.4 is 10.5 Å². The second kappa shape index (κ2) is 8.44. The molecule has 0 atom stereocenters. The number of para-hydroxylation sites is 1. The van der Waals surface area contributed by atoms with Crippen LogP contribution >= 0.6 is 11.8 Å². The zero-order chi connectivity index (χ0) is 22.0. The number of aliphatic imine (C=N–C) groups is 1. The maximum absolute atomic E-state index is 12.1. The molecule has 2 aromatic carbocycles. The molecule has 2 heterocycles. The second-order valence-electron chi connectivity index (χ2n) is 6.45. The van der Waals surface area contributed by atoms with E-state index in [1.54, 1.807) is 36.0 Å². The van der Waals surface area contributed by atoms with Crippen LogP contribution in [0.1, 0.15) is 12.5 Å². The summed E-state index contributed by atoms with van der Waals surface area (Å²) < 4.78 is 7.02. The average Bonchev–Trinajstić information content (AvgIpc) is 3.32. The maximum atomic E-state index is 12.1. The molecule has 10 heteroatoms. The molecule has 31 heavy (non-hydrogen) atoms. The molecule has 2 N–H and O–H groups in total. The van der Waals surface area contributed by atoms with Crippen LogP contribution in [-0.4, -0.2) is 32.4 Å². The predicted octanol–water partition coefficient (Wildman–Crippen LogP) is 3.78. The van der Waals surface area contributed by atoms with Crippen LogP contribution in [0.4, 0.5) is 5.69 Å². The highest BCUT2D eigenvalue weighted by atomic mass is 32.2. The van der Waals surface area contributed by atoms with Gasteiger partial charge in [-0.05, 0) is 49.0 Å². The van der Waals surface area contributed by atoms with Gasteiger partial charge in [-0.2, -0.15) is 10.1 Å². The lowest BCUT2D eigenvalue weighted by molar-refractivity contribution is -0.385. The Balaban J connectivity index is 1.86. The van der Waals surface area contributed by atoms with Crippen molar-refractivity contribution in [3.63, 3.8) is 0 Å². The second-order valence-corrected chi connectivity index (χ2v) is 7.51. The molecule has 4 rings (SSSR count). The minimum Gasteiger partial charge on any atom is -0.487 e. The van der Waals surface area contributed by atoms with Gasteiger partial charge in [0.15, 0.2) is 10.9 Å². The molecule has 0 radical (unpaired) electrons. The van der Waals surface area contributed by atoms with Gasteiger partial charge < -0.3 is 10.5 Å². The first kappa shape index (κ1) is 20.4. The quantitative estimate of drug-likeness (QED) is 0.355. The van der Waals surface area contributed by atoms with E-state index in [0.29, 0.717) is 28.3 Å². The van der Waals surface area contributed by atoms with Crippen LogP contribution in [0.15, 0.2) is 64.6 Å². The van der Waals surface area contributed by atoms with E-state index in [2.05, 4.69) is 10.1 Å². The summed E-state index contributed by atoms with van der Waals surface area (Å²) in [5.74, 6) is -0.250. The Morgan fingerprint density at radius 2 is 2.03 bits per heavy atom. The Labute approximate surface area is 181 Å². The molecule has 1 aliphatic rings. The number of nitrogens with zero attached hydrogens (tertiary/aromatic N) is 4. The summed E-state index contributed by atoms with van der Waals surface area (Å²) in [6.07, 6.45) is 3.39. The largest absolute Gasteiger partial charge is 0.487 e. The summed E-state index contributed by atoms with van der Waals surface area (Å²) in [7, 11) is 0. The van der Waals surface area contributed by atoms with Crippen LogP contribution in [0.3, 0.4) is 0 Å². The number of nitro groups is 1. The van der Waals surface area contributed by atoms with Crippen molar-refractivity contribution in [1.82, 2.24) is 9.78 Å². The zero-order valence-corrected chi connectivity index (χ0v) is 17.2. The van der Waals surface area contributed by atoms with Crippen molar-refractivity contribution in [2.45, 2.75) is 6.92 Å².